The second-order valence-electron chi connectivity index (χ2n) is 3.75. The van der Waals surface area contributed by atoms with Crippen LogP contribution < -0.4 is 0 Å². The van der Waals surface area contributed by atoms with Crippen molar-refractivity contribution in [2.24, 2.45) is 0 Å². The lowest BCUT2D eigenvalue weighted by Gasteiger charge is -2.10. The molecule has 8 heteroatoms. The third-order valence-electron chi connectivity index (χ3n) is 2.43. The van der Waals surface area contributed by atoms with Gasteiger partial charge in [0.1, 0.15) is 0 Å². The van der Waals surface area contributed by atoms with Crippen LogP contribution in [0, 0.1) is 0 Å². The molecule has 0 unspecified atom stereocenters. The number of alkyl halides is 3. The van der Waals surface area contributed by atoms with Gasteiger partial charge in [0.25, 0.3) is 0 Å². The maximum Gasteiger partial charge on any atom is 0.417 e. The van der Waals surface area contributed by atoms with Gasteiger partial charge < -0.3 is 0 Å². The van der Waals surface area contributed by atoms with Crippen molar-refractivity contribution in [2.45, 2.75) is 6.18 Å². The van der Waals surface area contributed by atoms with Crippen LogP contribution in [0.4, 0.5) is 13.2 Å². The topological polar surface area (TPSA) is 17.1 Å². The summed E-state index contributed by atoms with van der Waals surface area (Å²) in [6, 6.07) is 3.45. The van der Waals surface area contributed by atoms with Crippen molar-refractivity contribution in [3.63, 3.8) is 0 Å². The second-order valence-corrected chi connectivity index (χ2v) is 7.13. The van der Waals surface area contributed by atoms with E-state index in [-0.39, 0.29) is 10.0 Å². The largest absolute Gasteiger partial charge is 0.417 e. The minimum absolute atomic E-state index is 0.00410. The van der Waals surface area contributed by atoms with Crippen molar-refractivity contribution in [3.8, 4) is 0 Å². The molecule has 0 saturated heterocycles. The van der Waals surface area contributed by atoms with Crippen molar-refractivity contribution >= 4 is 64.9 Å². The number of carbonyl (C=O) groups is 1. The second kappa shape index (κ2) is 5.90. The normalized spacial score (nSPS) is 11.7. The number of ketones is 1. The van der Waals surface area contributed by atoms with Gasteiger partial charge in [-0.3, -0.25) is 4.79 Å². The van der Waals surface area contributed by atoms with Gasteiger partial charge in [0.2, 0.25) is 5.78 Å². The standard InChI is InChI=1S/C12H4Br3F3OS/c13-7-2-1-5(3-6(7)12(16,17)18)10(19)11-9(15)8(14)4-20-11/h1-4H. The molecule has 1 heterocycles. The van der Waals surface area contributed by atoms with E-state index >= 15 is 0 Å². The smallest absolute Gasteiger partial charge is 0.288 e. The molecular formula is C12H4Br3F3OS. The van der Waals surface area contributed by atoms with E-state index in [1.807, 2.05) is 0 Å². The van der Waals surface area contributed by atoms with Crippen LogP contribution in [0.2, 0.25) is 0 Å². The summed E-state index contributed by atoms with van der Waals surface area (Å²) < 4.78 is 39.6. The minimum Gasteiger partial charge on any atom is -0.288 e. The molecule has 0 radical (unpaired) electrons. The van der Waals surface area contributed by atoms with Crippen molar-refractivity contribution in [2.75, 3.05) is 0 Å². The highest BCUT2D eigenvalue weighted by Crippen LogP contribution is 2.37. The highest BCUT2D eigenvalue weighted by molar-refractivity contribution is 9.13. The Labute approximate surface area is 141 Å². The molecule has 0 N–H and O–H groups in total. The van der Waals surface area contributed by atoms with Gasteiger partial charge in [0, 0.05) is 19.9 Å². The predicted molar refractivity (Wildman–Crippen MR) is 82.3 cm³/mol. The van der Waals surface area contributed by atoms with E-state index in [0.29, 0.717) is 13.8 Å². The van der Waals surface area contributed by atoms with Crippen molar-refractivity contribution in [3.05, 3.63) is 53.0 Å². The molecular weight excluding hydrogens is 489 g/mol. The van der Waals surface area contributed by atoms with Gasteiger partial charge >= 0.3 is 6.18 Å². The minimum atomic E-state index is -4.51. The van der Waals surface area contributed by atoms with Crippen LogP contribution in [0.25, 0.3) is 0 Å². The van der Waals surface area contributed by atoms with E-state index in [1.165, 1.54) is 12.1 Å². The van der Waals surface area contributed by atoms with Crippen LogP contribution in [0.15, 0.2) is 37.0 Å². The molecule has 0 saturated carbocycles. The van der Waals surface area contributed by atoms with Crippen molar-refractivity contribution in [1.82, 2.24) is 0 Å². The summed E-state index contributed by atoms with van der Waals surface area (Å²) in [6.45, 7) is 0. The number of rotatable bonds is 2. The number of halogens is 6. The molecule has 1 aromatic carbocycles. The molecule has 0 aliphatic carbocycles. The Morgan fingerprint density at radius 1 is 1.10 bits per heavy atom. The Morgan fingerprint density at radius 2 is 1.75 bits per heavy atom. The Morgan fingerprint density at radius 3 is 2.25 bits per heavy atom. The van der Waals surface area contributed by atoms with Crippen LogP contribution in [0.5, 0.6) is 0 Å². The fraction of sp³-hybridized carbons (Fsp3) is 0.0833. The zero-order chi connectivity index (χ0) is 15.1. The fourth-order valence-corrected chi connectivity index (χ4v) is 4.08. The van der Waals surface area contributed by atoms with Crippen molar-refractivity contribution < 1.29 is 18.0 Å². The average Bonchev–Trinajstić information content (AvgIpc) is 2.68. The first-order valence-electron chi connectivity index (χ1n) is 5.05. The summed E-state index contributed by atoms with van der Waals surface area (Å²) in [7, 11) is 0. The zero-order valence-corrected chi connectivity index (χ0v) is 15.0. The van der Waals surface area contributed by atoms with Crippen LogP contribution >= 0.6 is 59.1 Å². The average molecular weight is 493 g/mol. The summed E-state index contributed by atoms with van der Waals surface area (Å²) >= 11 is 10.5. The lowest BCUT2D eigenvalue weighted by molar-refractivity contribution is -0.138. The van der Waals surface area contributed by atoms with Gasteiger partial charge in [-0.15, -0.1) is 11.3 Å². The number of carbonyl (C=O) groups excluding carboxylic acids is 1. The Hall–Kier alpha value is -0.180. The maximum atomic E-state index is 12.8. The van der Waals surface area contributed by atoms with Crippen LogP contribution in [-0.4, -0.2) is 5.78 Å². The van der Waals surface area contributed by atoms with Gasteiger partial charge in [-0.05, 0) is 50.1 Å². The van der Waals surface area contributed by atoms with Crippen LogP contribution in [0.1, 0.15) is 20.8 Å². The first-order valence-corrected chi connectivity index (χ1v) is 8.31. The van der Waals surface area contributed by atoms with Gasteiger partial charge in [-0.25, -0.2) is 0 Å². The molecule has 0 amide bonds. The number of thiophene rings is 1. The molecule has 20 heavy (non-hydrogen) atoms. The summed E-state index contributed by atoms with van der Waals surface area (Å²) in [6.07, 6.45) is -4.51. The van der Waals surface area contributed by atoms with Crippen molar-refractivity contribution in [1.29, 1.82) is 0 Å². The molecule has 0 atom stereocenters. The van der Waals surface area contributed by atoms with Crippen LogP contribution in [0.3, 0.4) is 0 Å². The maximum absolute atomic E-state index is 12.8. The summed E-state index contributed by atoms with van der Waals surface area (Å²) in [5, 5.41) is 1.70. The third-order valence-corrected chi connectivity index (χ3v) is 6.65. The summed E-state index contributed by atoms with van der Waals surface area (Å²) in [5.74, 6) is -0.453. The molecule has 2 rings (SSSR count). The number of benzene rings is 1. The van der Waals surface area contributed by atoms with Crippen LogP contribution in [-0.2, 0) is 6.18 Å². The summed E-state index contributed by atoms with van der Waals surface area (Å²) in [5.41, 5.74) is -0.870. The monoisotopic (exact) mass is 490 g/mol. The van der Waals surface area contributed by atoms with Gasteiger partial charge in [0.15, 0.2) is 0 Å². The molecule has 0 aliphatic heterocycles. The zero-order valence-electron chi connectivity index (χ0n) is 9.39. The summed E-state index contributed by atoms with van der Waals surface area (Å²) in [4.78, 5) is 12.6. The SMILES string of the molecule is O=C(c1ccc(Br)c(C(F)(F)F)c1)c1scc(Br)c1Br. The quantitative estimate of drug-likeness (QED) is 0.451. The Balaban J connectivity index is 2.49. The third kappa shape index (κ3) is 3.18. The van der Waals surface area contributed by atoms with Gasteiger partial charge in [-0.2, -0.15) is 13.2 Å². The highest BCUT2D eigenvalue weighted by atomic mass is 79.9. The van der Waals surface area contributed by atoms with E-state index in [0.717, 1.165) is 17.4 Å². The lowest BCUT2D eigenvalue weighted by atomic mass is 10.1. The van der Waals surface area contributed by atoms with E-state index in [9.17, 15) is 18.0 Å². The molecule has 106 valence electrons. The first-order chi connectivity index (χ1) is 9.21. The Bertz CT molecular complexity index is 679. The first kappa shape index (κ1) is 16.2. The molecule has 2 aromatic rings. The van der Waals surface area contributed by atoms with E-state index < -0.39 is 17.5 Å². The number of hydrogen-bond acceptors (Lipinski definition) is 2. The lowest BCUT2D eigenvalue weighted by Crippen LogP contribution is -2.09. The van der Waals surface area contributed by atoms with E-state index in [4.69, 9.17) is 0 Å². The number of hydrogen-bond donors (Lipinski definition) is 0. The molecule has 0 spiro atoms. The van der Waals surface area contributed by atoms with E-state index in [2.05, 4.69) is 47.8 Å². The molecule has 0 aliphatic rings. The molecule has 1 aromatic heterocycles. The van der Waals surface area contributed by atoms with Gasteiger partial charge in [0.05, 0.1) is 14.9 Å². The van der Waals surface area contributed by atoms with Gasteiger partial charge in [-0.1, -0.05) is 15.9 Å². The predicted octanol–water partition coefficient (Wildman–Crippen LogP) is 6.29. The molecule has 0 bridgehead atoms. The fourth-order valence-electron chi connectivity index (χ4n) is 1.49. The molecule has 1 nitrogen and oxygen atoms in total. The Kier molecular flexibility index (Phi) is 4.78. The van der Waals surface area contributed by atoms with E-state index in [1.54, 1.807) is 5.38 Å². The molecule has 0 fully saturated rings. The highest BCUT2D eigenvalue weighted by Gasteiger charge is 2.34.